The smallest absolute Gasteiger partial charge is 0.0459 e. The summed E-state index contributed by atoms with van der Waals surface area (Å²) in [6.07, 6.45) is 9.92. The molecule has 0 saturated carbocycles. The molecule has 2 heterocycles. The maximum Gasteiger partial charge on any atom is 0.0459 e. The molecule has 2 aromatic carbocycles. The van der Waals surface area contributed by atoms with Gasteiger partial charge in [-0.05, 0) is 80.2 Å². The molecule has 0 fully saturated rings. The first-order valence-corrected chi connectivity index (χ1v) is 10.8. The maximum absolute atomic E-state index is 3.73. The van der Waals surface area contributed by atoms with Crippen LogP contribution in [0.25, 0.3) is 16.5 Å². The number of H-pyrrole nitrogens is 1. The van der Waals surface area contributed by atoms with Gasteiger partial charge in [0.15, 0.2) is 0 Å². The molecule has 28 heavy (non-hydrogen) atoms. The van der Waals surface area contributed by atoms with E-state index in [0.717, 1.165) is 18.9 Å². The lowest BCUT2D eigenvalue weighted by Crippen LogP contribution is -2.33. The zero-order valence-electron chi connectivity index (χ0n) is 16.8. The van der Waals surface area contributed by atoms with E-state index in [1.807, 2.05) is 0 Å². The molecule has 1 aromatic heterocycles. The SMILES string of the molecule is Cc1ccc2[nH]c3c(c2c1)CC(CCC1CC(c2ccccc2)=CCN1)CC3. The van der Waals surface area contributed by atoms with Crippen molar-refractivity contribution in [2.24, 2.45) is 5.92 Å². The highest BCUT2D eigenvalue weighted by Gasteiger charge is 2.24. The van der Waals surface area contributed by atoms with E-state index in [9.17, 15) is 0 Å². The maximum atomic E-state index is 3.73. The molecule has 2 atom stereocenters. The molecule has 144 valence electrons. The summed E-state index contributed by atoms with van der Waals surface area (Å²) in [6, 6.07) is 18.3. The summed E-state index contributed by atoms with van der Waals surface area (Å²) in [4.78, 5) is 3.67. The van der Waals surface area contributed by atoms with Crippen LogP contribution in [0.15, 0.2) is 54.6 Å². The zero-order valence-corrected chi connectivity index (χ0v) is 16.8. The van der Waals surface area contributed by atoms with Crippen molar-refractivity contribution in [1.29, 1.82) is 0 Å². The van der Waals surface area contributed by atoms with Crippen LogP contribution >= 0.6 is 0 Å². The van der Waals surface area contributed by atoms with Crippen LogP contribution in [0, 0.1) is 12.8 Å². The molecule has 0 amide bonds. The van der Waals surface area contributed by atoms with Gasteiger partial charge in [0.25, 0.3) is 0 Å². The second-order valence-electron chi connectivity index (χ2n) is 8.72. The Morgan fingerprint density at radius 2 is 1.89 bits per heavy atom. The van der Waals surface area contributed by atoms with E-state index in [2.05, 4.69) is 71.8 Å². The van der Waals surface area contributed by atoms with E-state index < -0.39 is 0 Å². The van der Waals surface area contributed by atoms with Crippen LogP contribution in [0.1, 0.15) is 48.1 Å². The van der Waals surface area contributed by atoms with Gasteiger partial charge in [0.1, 0.15) is 0 Å². The highest BCUT2D eigenvalue weighted by atomic mass is 14.9. The highest BCUT2D eigenvalue weighted by molar-refractivity contribution is 5.85. The summed E-state index contributed by atoms with van der Waals surface area (Å²) in [6.45, 7) is 3.21. The van der Waals surface area contributed by atoms with Crippen molar-refractivity contribution < 1.29 is 0 Å². The van der Waals surface area contributed by atoms with Crippen LogP contribution in [0.2, 0.25) is 0 Å². The molecule has 0 bridgehead atoms. The van der Waals surface area contributed by atoms with Gasteiger partial charge in [0.05, 0.1) is 0 Å². The number of fused-ring (bicyclic) bond motifs is 3. The molecule has 5 rings (SSSR count). The first kappa shape index (κ1) is 17.8. The van der Waals surface area contributed by atoms with Crippen LogP contribution in [-0.4, -0.2) is 17.6 Å². The van der Waals surface area contributed by atoms with Gasteiger partial charge in [-0.25, -0.2) is 0 Å². The second kappa shape index (κ2) is 7.60. The van der Waals surface area contributed by atoms with E-state index >= 15 is 0 Å². The third kappa shape index (κ3) is 3.54. The molecule has 1 aliphatic heterocycles. The Labute approximate surface area is 168 Å². The van der Waals surface area contributed by atoms with Gasteiger partial charge in [0, 0.05) is 29.2 Å². The van der Waals surface area contributed by atoms with Crippen molar-refractivity contribution in [2.75, 3.05) is 6.54 Å². The quantitative estimate of drug-likeness (QED) is 0.596. The van der Waals surface area contributed by atoms with Gasteiger partial charge >= 0.3 is 0 Å². The number of hydrogen-bond acceptors (Lipinski definition) is 1. The molecular formula is C26H30N2. The summed E-state index contributed by atoms with van der Waals surface area (Å²) in [5.41, 5.74) is 8.68. The molecular weight excluding hydrogens is 340 g/mol. The highest BCUT2D eigenvalue weighted by Crippen LogP contribution is 2.35. The van der Waals surface area contributed by atoms with E-state index in [0.29, 0.717) is 6.04 Å². The van der Waals surface area contributed by atoms with Gasteiger partial charge in [-0.1, -0.05) is 48.0 Å². The number of benzene rings is 2. The normalized spacial score (nSPS) is 22.1. The lowest BCUT2D eigenvalue weighted by molar-refractivity contribution is 0.374. The molecule has 2 nitrogen and oxygen atoms in total. The van der Waals surface area contributed by atoms with Gasteiger partial charge in [0.2, 0.25) is 0 Å². The third-order valence-corrected chi connectivity index (χ3v) is 6.73. The fourth-order valence-electron chi connectivity index (χ4n) is 5.15. The number of nitrogens with one attached hydrogen (secondary N) is 2. The summed E-state index contributed by atoms with van der Waals surface area (Å²) < 4.78 is 0. The van der Waals surface area contributed by atoms with Crippen molar-refractivity contribution in [3.05, 3.63) is 77.0 Å². The first-order valence-electron chi connectivity index (χ1n) is 10.8. The Kier molecular flexibility index (Phi) is 4.82. The molecule has 0 saturated heterocycles. The van der Waals surface area contributed by atoms with Gasteiger partial charge in [-0.2, -0.15) is 0 Å². The summed E-state index contributed by atoms with van der Waals surface area (Å²) >= 11 is 0. The van der Waals surface area contributed by atoms with Crippen LogP contribution in [-0.2, 0) is 12.8 Å². The van der Waals surface area contributed by atoms with Gasteiger partial charge in [-0.3, -0.25) is 0 Å². The zero-order chi connectivity index (χ0) is 18.9. The van der Waals surface area contributed by atoms with Crippen molar-refractivity contribution in [3.63, 3.8) is 0 Å². The molecule has 2 unspecified atom stereocenters. The van der Waals surface area contributed by atoms with E-state index in [1.54, 1.807) is 5.56 Å². The molecule has 3 aromatic rings. The monoisotopic (exact) mass is 370 g/mol. The Balaban J connectivity index is 1.23. The Hall–Kier alpha value is -2.32. The van der Waals surface area contributed by atoms with Crippen LogP contribution in [0.5, 0.6) is 0 Å². The minimum absolute atomic E-state index is 0.617. The lowest BCUT2D eigenvalue weighted by Gasteiger charge is -2.28. The molecule has 2 aliphatic rings. The van der Waals surface area contributed by atoms with Crippen molar-refractivity contribution in [3.8, 4) is 0 Å². The topological polar surface area (TPSA) is 27.8 Å². The van der Waals surface area contributed by atoms with Crippen LogP contribution < -0.4 is 5.32 Å². The minimum Gasteiger partial charge on any atom is -0.358 e. The summed E-state index contributed by atoms with van der Waals surface area (Å²) in [5.74, 6) is 0.819. The fourth-order valence-corrected chi connectivity index (χ4v) is 5.15. The van der Waals surface area contributed by atoms with E-state index in [-0.39, 0.29) is 0 Å². The molecule has 2 heteroatoms. The lowest BCUT2D eigenvalue weighted by atomic mass is 9.82. The Bertz CT molecular complexity index is 996. The Morgan fingerprint density at radius 1 is 1.00 bits per heavy atom. The molecule has 0 radical (unpaired) electrons. The average molecular weight is 371 g/mol. The largest absolute Gasteiger partial charge is 0.358 e. The summed E-state index contributed by atoms with van der Waals surface area (Å²) in [5, 5.41) is 5.19. The minimum atomic E-state index is 0.617. The number of aromatic nitrogens is 1. The summed E-state index contributed by atoms with van der Waals surface area (Å²) in [7, 11) is 0. The predicted octanol–water partition coefficient (Wildman–Crippen LogP) is 5.81. The predicted molar refractivity (Wildman–Crippen MR) is 119 cm³/mol. The Morgan fingerprint density at radius 3 is 2.79 bits per heavy atom. The average Bonchev–Trinajstić information content (AvgIpc) is 3.10. The number of aryl methyl sites for hydroxylation is 2. The number of aromatic amines is 1. The van der Waals surface area contributed by atoms with Gasteiger partial charge < -0.3 is 10.3 Å². The van der Waals surface area contributed by atoms with E-state index in [4.69, 9.17) is 0 Å². The number of rotatable bonds is 4. The first-order chi connectivity index (χ1) is 13.8. The van der Waals surface area contributed by atoms with Crippen LogP contribution in [0.3, 0.4) is 0 Å². The standard InChI is InChI=1S/C26H30N2/c1-18-7-11-25-23(15-18)24-16-19(9-12-26(24)28-25)8-10-22-17-21(13-14-27-22)20-5-3-2-4-6-20/h2-7,11,13,15,19,22,27-28H,8-10,12,14,16-17H2,1H3. The van der Waals surface area contributed by atoms with Crippen LogP contribution in [0.4, 0.5) is 0 Å². The molecule has 2 N–H and O–H groups in total. The van der Waals surface area contributed by atoms with Crippen molar-refractivity contribution in [2.45, 2.75) is 51.5 Å². The third-order valence-electron chi connectivity index (χ3n) is 6.73. The van der Waals surface area contributed by atoms with Crippen molar-refractivity contribution >= 4 is 16.5 Å². The van der Waals surface area contributed by atoms with Crippen molar-refractivity contribution in [1.82, 2.24) is 10.3 Å². The number of hydrogen-bond donors (Lipinski definition) is 2. The van der Waals surface area contributed by atoms with E-state index in [1.165, 1.54) is 65.4 Å². The fraction of sp³-hybridized carbons (Fsp3) is 0.385. The second-order valence-corrected chi connectivity index (χ2v) is 8.72. The molecule has 1 aliphatic carbocycles. The molecule has 0 spiro atoms. The van der Waals surface area contributed by atoms with Gasteiger partial charge in [-0.15, -0.1) is 0 Å².